The third-order valence-corrected chi connectivity index (χ3v) is 3.47. The number of carbonyl (C=O) groups excluding carboxylic acids is 1. The summed E-state index contributed by atoms with van der Waals surface area (Å²) in [4.78, 5) is 22.2. The van der Waals surface area contributed by atoms with Crippen LogP contribution in [0.15, 0.2) is 24.3 Å². The SMILES string of the molecule is O=C(CCCOc1cccc(F)c1)NC1CC(C(=O)O)C1. The second-order valence-electron chi connectivity index (χ2n) is 5.18. The highest BCUT2D eigenvalue weighted by molar-refractivity contribution is 5.77. The van der Waals surface area contributed by atoms with E-state index < -0.39 is 5.97 Å². The number of nitrogens with one attached hydrogen (secondary N) is 1. The van der Waals surface area contributed by atoms with Crippen molar-refractivity contribution in [1.29, 1.82) is 0 Å². The summed E-state index contributed by atoms with van der Waals surface area (Å²) in [6.45, 7) is 0.333. The topological polar surface area (TPSA) is 75.6 Å². The molecule has 1 aromatic rings. The van der Waals surface area contributed by atoms with Gasteiger partial charge < -0.3 is 15.2 Å². The number of hydrogen-bond donors (Lipinski definition) is 2. The van der Waals surface area contributed by atoms with E-state index >= 15 is 0 Å². The lowest BCUT2D eigenvalue weighted by atomic mass is 9.80. The van der Waals surface area contributed by atoms with Gasteiger partial charge in [0.15, 0.2) is 0 Å². The summed E-state index contributed by atoms with van der Waals surface area (Å²) in [7, 11) is 0. The fraction of sp³-hybridized carbons (Fsp3) is 0.467. The van der Waals surface area contributed by atoms with Crippen LogP contribution in [-0.2, 0) is 9.59 Å². The van der Waals surface area contributed by atoms with Crippen LogP contribution < -0.4 is 10.1 Å². The van der Waals surface area contributed by atoms with Crippen LogP contribution in [0.2, 0.25) is 0 Å². The Morgan fingerprint density at radius 3 is 2.81 bits per heavy atom. The fourth-order valence-electron chi connectivity index (χ4n) is 2.22. The Bertz CT molecular complexity index is 514. The molecule has 0 radical (unpaired) electrons. The van der Waals surface area contributed by atoms with E-state index in [0.717, 1.165) is 0 Å². The first-order valence-corrected chi connectivity index (χ1v) is 6.95. The van der Waals surface area contributed by atoms with Crippen molar-refractivity contribution in [2.75, 3.05) is 6.61 Å². The van der Waals surface area contributed by atoms with Crippen molar-refractivity contribution >= 4 is 11.9 Å². The van der Waals surface area contributed by atoms with E-state index in [0.29, 0.717) is 38.0 Å². The zero-order valence-electron chi connectivity index (χ0n) is 11.5. The largest absolute Gasteiger partial charge is 0.493 e. The molecule has 2 rings (SSSR count). The van der Waals surface area contributed by atoms with E-state index in [-0.39, 0.29) is 23.7 Å². The minimum atomic E-state index is -0.802. The van der Waals surface area contributed by atoms with E-state index in [1.54, 1.807) is 12.1 Å². The van der Waals surface area contributed by atoms with Crippen LogP contribution in [0.4, 0.5) is 4.39 Å². The number of amides is 1. The molecular formula is C15H18FNO4. The molecule has 6 heteroatoms. The highest BCUT2D eigenvalue weighted by Gasteiger charge is 2.34. The summed E-state index contributed by atoms with van der Waals surface area (Å²) >= 11 is 0. The van der Waals surface area contributed by atoms with Crippen molar-refractivity contribution < 1.29 is 23.8 Å². The number of ether oxygens (including phenoxy) is 1. The Kier molecular flexibility index (Phi) is 5.14. The molecule has 0 bridgehead atoms. The van der Waals surface area contributed by atoms with E-state index in [1.807, 2.05) is 0 Å². The first-order valence-electron chi connectivity index (χ1n) is 6.95. The third-order valence-electron chi connectivity index (χ3n) is 3.47. The van der Waals surface area contributed by atoms with Gasteiger partial charge in [0.05, 0.1) is 12.5 Å². The summed E-state index contributed by atoms with van der Waals surface area (Å²) < 4.78 is 18.2. The van der Waals surface area contributed by atoms with E-state index in [4.69, 9.17) is 9.84 Å². The number of carboxylic acid groups (broad SMARTS) is 1. The van der Waals surface area contributed by atoms with Gasteiger partial charge in [0, 0.05) is 18.5 Å². The molecule has 1 aromatic carbocycles. The predicted molar refractivity (Wildman–Crippen MR) is 73.4 cm³/mol. The van der Waals surface area contributed by atoms with Gasteiger partial charge in [0.25, 0.3) is 0 Å². The van der Waals surface area contributed by atoms with Gasteiger partial charge >= 0.3 is 5.97 Å². The second kappa shape index (κ2) is 7.06. The van der Waals surface area contributed by atoms with Crippen LogP contribution in [0, 0.1) is 11.7 Å². The highest BCUT2D eigenvalue weighted by atomic mass is 19.1. The summed E-state index contributed by atoms with van der Waals surface area (Å²) in [5.41, 5.74) is 0. The third kappa shape index (κ3) is 4.73. The van der Waals surface area contributed by atoms with Gasteiger partial charge in [-0.2, -0.15) is 0 Å². The van der Waals surface area contributed by atoms with E-state index in [9.17, 15) is 14.0 Å². The van der Waals surface area contributed by atoms with Gasteiger partial charge in [-0.1, -0.05) is 6.07 Å². The van der Waals surface area contributed by atoms with Gasteiger partial charge in [-0.15, -0.1) is 0 Å². The molecule has 0 unspecified atom stereocenters. The number of aliphatic carboxylic acids is 1. The Balaban J connectivity index is 1.57. The number of carbonyl (C=O) groups is 2. The normalized spacial score (nSPS) is 20.4. The number of benzene rings is 1. The van der Waals surface area contributed by atoms with Crippen LogP contribution in [0.3, 0.4) is 0 Å². The van der Waals surface area contributed by atoms with Gasteiger partial charge in [0.2, 0.25) is 5.91 Å². The molecule has 1 fully saturated rings. The van der Waals surface area contributed by atoms with Crippen LogP contribution in [-0.4, -0.2) is 29.6 Å². The molecule has 0 saturated heterocycles. The van der Waals surface area contributed by atoms with Crippen LogP contribution in [0.1, 0.15) is 25.7 Å². The lowest BCUT2D eigenvalue weighted by molar-refractivity contribution is -0.146. The standard InChI is InChI=1S/C15H18FNO4/c16-11-3-1-4-13(9-11)21-6-2-5-14(18)17-12-7-10(8-12)15(19)20/h1,3-4,9-10,12H,2,5-8H2,(H,17,18)(H,19,20). The van der Waals surface area contributed by atoms with Crippen LogP contribution in [0.5, 0.6) is 5.75 Å². The summed E-state index contributed by atoms with van der Waals surface area (Å²) in [6, 6.07) is 5.82. The Morgan fingerprint density at radius 1 is 1.38 bits per heavy atom. The number of rotatable bonds is 7. The van der Waals surface area contributed by atoms with Crippen molar-refractivity contribution in [2.24, 2.45) is 5.92 Å². The van der Waals surface area contributed by atoms with Crippen molar-refractivity contribution in [3.8, 4) is 5.75 Å². The van der Waals surface area contributed by atoms with Crippen molar-refractivity contribution in [3.63, 3.8) is 0 Å². The zero-order chi connectivity index (χ0) is 15.2. The Labute approximate surface area is 122 Å². The average Bonchev–Trinajstić information content (AvgIpc) is 2.38. The number of hydrogen-bond acceptors (Lipinski definition) is 3. The molecule has 0 atom stereocenters. The van der Waals surface area contributed by atoms with Crippen molar-refractivity contribution in [1.82, 2.24) is 5.32 Å². The smallest absolute Gasteiger partial charge is 0.306 e. The Hall–Kier alpha value is -2.11. The van der Waals surface area contributed by atoms with Crippen molar-refractivity contribution in [2.45, 2.75) is 31.7 Å². The first kappa shape index (κ1) is 15.3. The first-order chi connectivity index (χ1) is 10.0. The maximum absolute atomic E-state index is 12.9. The monoisotopic (exact) mass is 295 g/mol. The molecular weight excluding hydrogens is 277 g/mol. The van der Waals surface area contributed by atoms with Gasteiger partial charge in [-0.05, 0) is 31.4 Å². The highest BCUT2D eigenvalue weighted by Crippen LogP contribution is 2.27. The molecule has 0 aliphatic heterocycles. The summed E-state index contributed by atoms with van der Waals surface area (Å²) in [6.07, 6.45) is 1.84. The summed E-state index contributed by atoms with van der Waals surface area (Å²) in [5, 5.41) is 11.5. The quantitative estimate of drug-likeness (QED) is 0.754. The minimum Gasteiger partial charge on any atom is -0.493 e. The second-order valence-corrected chi connectivity index (χ2v) is 5.18. The summed E-state index contributed by atoms with van der Waals surface area (Å²) in [5.74, 6) is -1.15. The zero-order valence-corrected chi connectivity index (χ0v) is 11.5. The molecule has 0 aromatic heterocycles. The molecule has 1 aliphatic carbocycles. The molecule has 21 heavy (non-hydrogen) atoms. The van der Waals surface area contributed by atoms with Crippen LogP contribution >= 0.6 is 0 Å². The van der Waals surface area contributed by atoms with Gasteiger partial charge in [0.1, 0.15) is 11.6 Å². The molecule has 0 spiro atoms. The number of halogens is 1. The lowest BCUT2D eigenvalue weighted by Gasteiger charge is -2.32. The van der Waals surface area contributed by atoms with Gasteiger partial charge in [-0.3, -0.25) is 9.59 Å². The Morgan fingerprint density at radius 2 is 2.14 bits per heavy atom. The van der Waals surface area contributed by atoms with Crippen molar-refractivity contribution in [3.05, 3.63) is 30.1 Å². The van der Waals surface area contributed by atoms with Crippen LogP contribution in [0.25, 0.3) is 0 Å². The fourth-order valence-corrected chi connectivity index (χ4v) is 2.22. The maximum atomic E-state index is 12.9. The van der Waals surface area contributed by atoms with Gasteiger partial charge in [-0.25, -0.2) is 4.39 Å². The molecule has 1 saturated carbocycles. The molecule has 5 nitrogen and oxygen atoms in total. The predicted octanol–water partition coefficient (Wildman–Crippen LogP) is 1.96. The minimum absolute atomic E-state index is 0.0252. The van der Waals surface area contributed by atoms with E-state index in [2.05, 4.69) is 5.32 Å². The molecule has 0 heterocycles. The maximum Gasteiger partial charge on any atom is 0.306 e. The molecule has 1 aliphatic rings. The molecule has 114 valence electrons. The van der Waals surface area contributed by atoms with E-state index in [1.165, 1.54) is 12.1 Å². The molecule has 2 N–H and O–H groups in total. The lowest BCUT2D eigenvalue weighted by Crippen LogP contribution is -2.46. The number of carboxylic acids is 1. The average molecular weight is 295 g/mol. The molecule has 1 amide bonds.